The highest BCUT2D eigenvalue weighted by Crippen LogP contribution is 2.60. The predicted octanol–water partition coefficient (Wildman–Crippen LogP) is 6.59. The highest BCUT2D eigenvalue weighted by molar-refractivity contribution is 7.70. The average Bonchev–Trinajstić information content (AvgIpc) is 2.21. The summed E-state index contributed by atoms with van der Waals surface area (Å²) in [4.78, 5) is 0. The first kappa shape index (κ1) is 21.0. The Bertz CT molecular complexity index is 379. The lowest BCUT2D eigenvalue weighted by atomic mass is 9.84. The van der Waals surface area contributed by atoms with E-state index in [9.17, 15) is 0 Å². The van der Waals surface area contributed by atoms with Crippen molar-refractivity contribution >= 4 is 13.4 Å². The minimum atomic E-state index is -1.68. The first-order valence-corrected chi connectivity index (χ1v) is 10.6. The Hall–Kier alpha value is 0. The SMILES string of the molecule is C=P(CCCC)(OCC)C(C(C)=CC(C)(C)C)C(C)(C)C. The number of hydrogen-bond acceptors (Lipinski definition) is 1. The van der Waals surface area contributed by atoms with Gasteiger partial charge in [-0.15, -0.1) is 0 Å². The fourth-order valence-electron chi connectivity index (χ4n) is 3.47. The van der Waals surface area contributed by atoms with Crippen LogP contribution in [0.2, 0.25) is 0 Å². The van der Waals surface area contributed by atoms with Gasteiger partial charge < -0.3 is 4.52 Å². The Morgan fingerprint density at radius 1 is 1.14 bits per heavy atom. The average molecular weight is 314 g/mol. The minimum absolute atomic E-state index is 0.185. The van der Waals surface area contributed by atoms with Gasteiger partial charge in [-0.25, -0.2) is 0 Å². The van der Waals surface area contributed by atoms with E-state index in [1.165, 1.54) is 18.4 Å². The van der Waals surface area contributed by atoms with E-state index in [1.807, 2.05) is 0 Å². The first-order chi connectivity index (χ1) is 9.37. The molecule has 0 aromatic carbocycles. The van der Waals surface area contributed by atoms with E-state index in [0.29, 0.717) is 5.66 Å². The maximum atomic E-state index is 6.32. The molecule has 2 heteroatoms. The van der Waals surface area contributed by atoms with Crippen LogP contribution in [0.15, 0.2) is 11.6 Å². The van der Waals surface area contributed by atoms with Crippen molar-refractivity contribution in [3.05, 3.63) is 11.6 Å². The molecule has 126 valence electrons. The summed E-state index contributed by atoms with van der Waals surface area (Å²) in [5.41, 5.74) is 2.29. The molecule has 1 nitrogen and oxygen atoms in total. The molecule has 0 aliphatic rings. The zero-order chi connectivity index (χ0) is 16.9. The van der Waals surface area contributed by atoms with E-state index in [4.69, 9.17) is 4.52 Å². The summed E-state index contributed by atoms with van der Waals surface area (Å²) in [6.07, 6.45) is 10.6. The van der Waals surface area contributed by atoms with Crippen LogP contribution in [0.5, 0.6) is 0 Å². The van der Waals surface area contributed by atoms with Gasteiger partial charge in [-0.05, 0) is 37.3 Å². The van der Waals surface area contributed by atoms with E-state index >= 15 is 0 Å². The molecular weight excluding hydrogens is 275 g/mol. The predicted molar refractivity (Wildman–Crippen MR) is 102 cm³/mol. The topological polar surface area (TPSA) is 9.23 Å². The molecular formula is C19H39OP. The quantitative estimate of drug-likeness (QED) is 0.380. The third kappa shape index (κ3) is 7.20. The Balaban J connectivity index is 5.77. The first-order valence-electron chi connectivity index (χ1n) is 8.43. The maximum absolute atomic E-state index is 6.32. The van der Waals surface area contributed by atoms with E-state index in [1.54, 1.807) is 0 Å². The van der Waals surface area contributed by atoms with Gasteiger partial charge in [0.2, 0.25) is 0 Å². The lowest BCUT2D eigenvalue weighted by Gasteiger charge is -2.42. The van der Waals surface area contributed by atoms with Gasteiger partial charge >= 0.3 is 0 Å². The van der Waals surface area contributed by atoms with Crippen molar-refractivity contribution in [3.8, 4) is 0 Å². The van der Waals surface area contributed by atoms with Crippen LogP contribution in [-0.2, 0) is 4.52 Å². The van der Waals surface area contributed by atoms with Gasteiger partial charge in [0, 0.05) is 19.4 Å². The second-order valence-electron chi connectivity index (χ2n) is 8.47. The molecule has 2 unspecified atom stereocenters. The van der Waals surface area contributed by atoms with Crippen LogP contribution in [0.1, 0.15) is 75.2 Å². The van der Waals surface area contributed by atoms with Gasteiger partial charge in [-0.1, -0.05) is 72.8 Å². The standard InChI is InChI=1S/C19H39OP/c1-11-13-14-21(10,20-12-2)17(19(7,8)9)16(3)15-18(4,5)6/h15,17H,10-14H2,1-9H3. The Kier molecular flexibility index (Phi) is 8.02. The molecule has 0 bridgehead atoms. The van der Waals surface area contributed by atoms with E-state index in [0.717, 1.165) is 12.8 Å². The van der Waals surface area contributed by atoms with Crippen molar-refractivity contribution in [2.45, 2.75) is 80.8 Å². The zero-order valence-corrected chi connectivity index (χ0v) is 16.9. The number of rotatable bonds is 7. The molecule has 0 aliphatic carbocycles. The smallest absolute Gasteiger partial charge is 0.0479 e. The molecule has 0 aliphatic heterocycles. The van der Waals surface area contributed by atoms with Gasteiger partial charge in [0.05, 0.1) is 0 Å². The Morgan fingerprint density at radius 2 is 1.67 bits per heavy atom. The molecule has 0 saturated heterocycles. The number of unbranched alkanes of at least 4 members (excludes halogenated alkanes) is 1. The molecule has 0 spiro atoms. The number of allylic oxidation sites excluding steroid dienone is 2. The van der Waals surface area contributed by atoms with Crippen LogP contribution < -0.4 is 0 Å². The molecule has 0 rings (SSSR count). The summed E-state index contributed by atoms with van der Waals surface area (Å²) < 4.78 is 6.32. The van der Waals surface area contributed by atoms with E-state index < -0.39 is 7.11 Å². The largest absolute Gasteiger partial charge is 0.362 e. The van der Waals surface area contributed by atoms with Crippen LogP contribution in [-0.4, -0.2) is 24.7 Å². The third-order valence-corrected chi connectivity index (χ3v) is 7.63. The lowest BCUT2D eigenvalue weighted by Crippen LogP contribution is -2.30. The fraction of sp³-hybridized carbons (Fsp3) is 0.842. The van der Waals surface area contributed by atoms with Gasteiger partial charge in [-0.3, -0.25) is 0 Å². The second-order valence-corrected chi connectivity index (χ2v) is 11.6. The van der Waals surface area contributed by atoms with E-state index in [2.05, 4.69) is 74.7 Å². The number of hydrogen-bond donors (Lipinski definition) is 0. The summed E-state index contributed by atoms with van der Waals surface area (Å²) in [5, 5.41) is 0. The Morgan fingerprint density at radius 3 is 2.00 bits per heavy atom. The van der Waals surface area contributed by atoms with Crippen molar-refractivity contribution in [1.29, 1.82) is 0 Å². The molecule has 0 N–H and O–H groups in total. The molecule has 0 radical (unpaired) electrons. The molecule has 0 amide bonds. The van der Waals surface area contributed by atoms with Crippen molar-refractivity contribution < 1.29 is 4.52 Å². The van der Waals surface area contributed by atoms with E-state index in [-0.39, 0.29) is 10.8 Å². The van der Waals surface area contributed by atoms with Crippen molar-refractivity contribution in [2.75, 3.05) is 12.8 Å². The van der Waals surface area contributed by atoms with Crippen LogP contribution in [0.4, 0.5) is 0 Å². The second kappa shape index (κ2) is 8.02. The summed E-state index contributed by atoms with van der Waals surface area (Å²) in [6, 6.07) is 0. The van der Waals surface area contributed by atoms with Gasteiger partial charge in [0.15, 0.2) is 0 Å². The van der Waals surface area contributed by atoms with Crippen molar-refractivity contribution in [3.63, 3.8) is 0 Å². The van der Waals surface area contributed by atoms with Crippen LogP contribution in [0.3, 0.4) is 0 Å². The fourth-order valence-corrected chi connectivity index (χ4v) is 7.60. The van der Waals surface area contributed by atoms with Crippen molar-refractivity contribution in [2.24, 2.45) is 10.8 Å². The monoisotopic (exact) mass is 314 g/mol. The maximum Gasteiger partial charge on any atom is 0.0479 e. The summed E-state index contributed by atoms with van der Waals surface area (Å²) in [7, 11) is -1.68. The normalized spacial score (nSPS) is 18.4. The lowest BCUT2D eigenvalue weighted by molar-refractivity contribution is 0.337. The molecule has 0 saturated carbocycles. The highest BCUT2D eigenvalue weighted by atomic mass is 31.2. The summed E-state index contributed by atoms with van der Waals surface area (Å²) >= 11 is 0. The van der Waals surface area contributed by atoms with Crippen molar-refractivity contribution in [1.82, 2.24) is 0 Å². The minimum Gasteiger partial charge on any atom is -0.362 e. The molecule has 0 aromatic heterocycles. The van der Waals surface area contributed by atoms with Gasteiger partial charge in [0.25, 0.3) is 0 Å². The summed E-state index contributed by atoms with van der Waals surface area (Å²) in [6.45, 7) is 21.2. The molecule has 21 heavy (non-hydrogen) atoms. The zero-order valence-electron chi connectivity index (χ0n) is 16.0. The van der Waals surface area contributed by atoms with Crippen LogP contribution >= 0.6 is 7.11 Å². The van der Waals surface area contributed by atoms with Crippen LogP contribution in [0.25, 0.3) is 0 Å². The highest BCUT2D eigenvalue weighted by Gasteiger charge is 2.37. The molecule has 0 heterocycles. The van der Waals surface area contributed by atoms with Gasteiger partial charge in [0.1, 0.15) is 0 Å². The third-order valence-electron chi connectivity index (χ3n) is 3.66. The molecule has 0 aromatic rings. The summed E-state index contributed by atoms with van der Waals surface area (Å²) in [5.74, 6) is 0. The van der Waals surface area contributed by atoms with Gasteiger partial charge in [-0.2, -0.15) is 0 Å². The Labute approximate surface area is 134 Å². The molecule has 0 fully saturated rings. The van der Waals surface area contributed by atoms with Crippen LogP contribution in [0, 0.1) is 10.8 Å². The molecule has 2 atom stereocenters.